The summed E-state index contributed by atoms with van der Waals surface area (Å²) in [6.07, 6.45) is 0. The highest BCUT2D eigenvalue weighted by molar-refractivity contribution is 6.37. The molecule has 0 fully saturated rings. The molecule has 0 aromatic carbocycles. The van der Waals surface area contributed by atoms with Gasteiger partial charge in [0.25, 0.3) is 0 Å². The van der Waals surface area contributed by atoms with Crippen LogP contribution in [-0.4, -0.2) is 4.98 Å². The van der Waals surface area contributed by atoms with Gasteiger partial charge < -0.3 is 5.73 Å². The summed E-state index contributed by atoms with van der Waals surface area (Å²) in [5.74, 6) is 0. The van der Waals surface area contributed by atoms with Crippen LogP contribution in [0.2, 0.25) is 15.3 Å². The maximum atomic E-state index is 5.75. The van der Waals surface area contributed by atoms with Gasteiger partial charge in [0, 0.05) is 12.1 Å². The predicted octanol–water partition coefficient (Wildman–Crippen LogP) is 2.50. The molecule has 1 rings (SSSR count). The highest BCUT2D eigenvalue weighted by Gasteiger charge is 2.06. The molecule has 0 unspecified atom stereocenters. The van der Waals surface area contributed by atoms with Crippen LogP contribution < -0.4 is 5.73 Å². The van der Waals surface area contributed by atoms with Crippen molar-refractivity contribution in [2.75, 3.05) is 0 Å². The van der Waals surface area contributed by atoms with Gasteiger partial charge in [-0.1, -0.05) is 34.8 Å². The van der Waals surface area contributed by atoms with E-state index in [1.165, 1.54) is 6.07 Å². The van der Waals surface area contributed by atoms with Gasteiger partial charge in [0.05, 0.1) is 5.02 Å². The lowest BCUT2D eigenvalue weighted by atomic mass is 10.3. The number of hydrogen-bond acceptors (Lipinski definition) is 2. The Labute approximate surface area is 79.3 Å². The van der Waals surface area contributed by atoms with Crippen molar-refractivity contribution in [2.45, 2.75) is 6.54 Å². The van der Waals surface area contributed by atoms with Crippen molar-refractivity contribution in [1.29, 1.82) is 0 Å². The molecule has 1 aromatic heterocycles. The molecule has 0 bridgehead atoms. The van der Waals surface area contributed by atoms with Crippen LogP contribution >= 0.6 is 34.8 Å². The number of nitrogens with two attached hydrogens (primary N) is 1. The quantitative estimate of drug-likeness (QED) is 0.725. The first kappa shape index (κ1) is 9.07. The molecule has 0 atom stereocenters. The Morgan fingerprint density at radius 3 is 2.45 bits per heavy atom. The highest BCUT2D eigenvalue weighted by Crippen LogP contribution is 2.24. The lowest BCUT2D eigenvalue weighted by molar-refractivity contribution is 1.05. The Morgan fingerprint density at radius 2 is 2.00 bits per heavy atom. The van der Waals surface area contributed by atoms with Crippen LogP contribution in [0.15, 0.2) is 6.07 Å². The number of nitrogens with zero attached hydrogens (tertiary/aromatic N) is 1. The van der Waals surface area contributed by atoms with Gasteiger partial charge in [-0.2, -0.15) is 0 Å². The van der Waals surface area contributed by atoms with Crippen LogP contribution in [0.4, 0.5) is 0 Å². The molecule has 0 radical (unpaired) electrons. The molecule has 0 aliphatic carbocycles. The van der Waals surface area contributed by atoms with Gasteiger partial charge in [0.1, 0.15) is 10.3 Å². The van der Waals surface area contributed by atoms with Gasteiger partial charge in [0.2, 0.25) is 0 Å². The Hall–Kier alpha value is -0.0200. The zero-order chi connectivity index (χ0) is 8.43. The van der Waals surface area contributed by atoms with Crippen molar-refractivity contribution in [3.05, 3.63) is 27.0 Å². The molecule has 0 amide bonds. The largest absolute Gasteiger partial charge is 0.326 e. The third kappa shape index (κ3) is 1.97. The SMILES string of the molecule is NCc1c(Cl)cc(Cl)nc1Cl. The van der Waals surface area contributed by atoms with E-state index < -0.39 is 0 Å². The standard InChI is InChI=1S/C6H5Cl3N2/c7-4-1-5(8)11-6(9)3(4)2-10/h1H,2,10H2. The van der Waals surface area contributed by atoms with Gasteiger partial charge in [-0.3, -0.25) is 0 Å². The Kier molecular flexibility index (Phi) is 2.96. The third-order valence-corrected chi connectivity index (χ3v) is 2.04. The fourth-order valence-corrected chi connectivity index (χ4v) is 1.55. The van der Waals surface area contributed by atoms with Gasteiger partial charge >= 0.3 is 0 Å². The zero-order valence-electron chi connectivity index (χ0n) is 5.44. The Morgan fingerprint density at radius 1 is 1.36 bits per heavy atom. The van der Waals surface area contributed by atoms with E-state index in [9.17, 15) is 0 Å². The smallest absolute Gasteiger partial charge is 0.136 e. The van der Waals surface area contributed by atoms with Crippen molar-refractivity contribution in [1.82, 2.24) is 4.98 Å². The molecular weight excluding hydrogens is 206 g/mol. The summed E-state index contributed by atoms with van der Waals surface area (Å²) in [7, 11) is 0. The minimum atomic E-state index is 0.266. The maximum Gasteiger partial charge on any atom is 0.136 e. The molecule has 0 saturated heterocycles. The molecule has 0 saturated carbocycles. The summed E-state index contributed by atoms with van der Waals surface area (Å²) in [6, 6.07) is 1.51. The lowest BCUT2D eigenvalue weighted by Gasteiger charge is -2.02. The van der Waals surface area contributed by atoms with E-state index in [0.29, 0.717) is 10.6 Å². The normalized spacial score (nSPS) is 10.2. The van der Waals surface area contributed by atoms with E-state index in [2.05, 4.69) is 4.98 Å². The molecule has 60 valence electrons. The van der Waals surface area contributed by atoms with Gasteiger partial charge in [-0.25, -0.2) is 4.98 Å². The molecule has 2 N–H and O–H groups in total. The van der Waals surface area contributed by atoms with E-state index in [1.807, 2.05) is 0 Å². The third-order valence-electron chi connectivity index (χ3n) is 1.19. The lowest BCUT2D eigenvalue weighted by Crippen LogP contribution is -1.99. The minimum absolute atomic E-state index is 0.266. The molecule has 11 heavy (non-hydrogen) atoms. The molecule has 1 aromatic rings. The second-order valence-electron chi connectivity index (χ2n) is 1.90. The summed E-state index contributed by atoms with van der Waals surface area (Å²) in [4.78, 5) is 3.77. The molecular formula is C6H5Cl3N2. The molecule has 0 aliphatic heterocycles. The van der Waals surface area contributed by atoms with E-state index in [-0.39, 0.29) is 16.9 Å². The van der Waals surface area contributed by atoms with Gasteiger partial charge in [-0.15, -0.1) is 0 Å². The number of aromatic nitrogens is 1. The zero-order valence-corrected chi connectivity index (χ0v) is 7.71. The number of rotatable bonds is 1. The summed E-state index contributed by atoms with van der Waals surface area (Å²) >= 11 is 17.0. The van der Waals surface area contributed by atoms with Crippen molar-refractivity contribution in [3.8, 4) is 0 Å². The van der Waals surface area contributed by atoms with E-state index in [4.69, 9.17) is 40.5 Å². The first-order valence-corrected chi connectivity index (χ1v) is 3.99. The maximum absolute atomic E-state index is 5.75. The van der Waals surface area contributed by atoms with Crippen molar-refractivity contribution < 1.29 is 0 Å². The van der Waals surface area contributed by atoms with Crippen molar-refractivity contribution in [2.24, 2.45) is 5.73 Å². The summed E-state index contributed by atoms with van der Waals surface area (Å²) in [5, 5.41) is 1.000. The predicted molar refractivity (Wildman–Crippen MR) is 47.2 cm³/mol. The summed E-state index contributed by atoms with van der Waals surface area (Å²) < 4.78 is 0. The van der Waals surface area contributed by atoms with Crippen molar-refractivity contribution >= 4 is 34.8 Å². The summed E-state index contributed by atoms with van der Waals surface area (Å²) in [5.41, 5.74) is 5.97. The van der Waals surface area contributed by atoms with Crippen LogP contribution in [0.1, 0.15) is 5.56 Å². The van der Waals surface area contributed by atoms with Crippen LogP contribution in [0.5, 0.6) is 0 Å². The first-order valence-electron chi connectivity index (χ1n) is 2.85. The fraction of sp³-hybridized carbons (Fsp3) is 0.167. The molecule has 0 aliphatic rings. The Bertz CT molecular complexity index is 252. The first-order chi connectivity index (χ1) is 5.15. The monoisotopic (exact) mass is 210 g/mol. The van der Waals surface area contributed by atoms with Crippen LogP contribution in [0, 0.1) is 0 Å². The van der Waals surface area contributed by atoms with E-state index in [0.717, 1.165) is 0 Å². The molecule has 0 spiro atoms. The van der Waals surface area contributed by atoms with E-state index in [1.54, 1.807) is 0 Å². The number of halogens is 3. The Balaban J connectivity index is 3.25. The van der Waals surface area contributed by atoms with Gasteiger partial charge in [-0.05, 0) is 6.07 Å². The van der Waals surface area contributed by atoms with Crippen LogP contribution in [0.3, 0.4) is 0 Å². The second-order valence-corrected chi connectivity index (χ2v) is 3.05. The molecule has 2 nitrogen and oxygen atoms in total. The second kappa shape index (κ2) is 3.59. The number of pyridine rings is 1. The summed E-state index contributed by atoms with van der Waals surface area (Å²) in [6.45, 7) is 0.266. The van der Waals surface area contributed by atoms with Crippen LogP contribution in [-0.2, 0) is 6.54 Å². The fourth-order valence-electron chi connectivity index (χ4n) is 0.665. The average Bonchev–Trinajstić information content (AvgIpc) is 1.85. The highest BCUT2D eigenvalue weighted by atomic mass is 35.5. The van der Waals surface area contributed by atoms with Crippen molar-refractivity contribution in [3.63, 3.8) is 0 Å². The minimum Gasteiger partial charge on any atom is -0.326 e. The van der Waals surface area contributed by atoms with E-state index >= 15 is 0 Å². The average molecular weight is 211 g/mol. The molecule has 5 heteroatoms. The topological polar surface area (TPSA) is 38.9 Å². The van der Waals surface area contributed by atoms with Crippen LogP contribution in [0.25, 0.3) is 0 Å². The molecule has 1 heterocycles. The van der Waals surface area contributed by atoms with Gasteiger partial charge in [0.15, 0.2) is 0 Å². The number of hydrogen-bond donors (Lipinski definition) is 1.